The lowest BCUT2D eigenvalue weighted by Crippen LogP contribution is -2.38. The van der Waals surface area contributed by atoms with Crippen molar-refractivity contribution in [2.24, 2.45) is 0 Å². The van der Waals surface area contributed by atoms with E-state index >= 15 is 0 Å². The van der Waals surface area contributed by atoms with Gasteiger partial charge in [-0.3, -0.25) is 9.59 Å². The number of aromatic nitrogens is 2. The molecule has 2 N–H and O–H groups in total. The Hall–Kier alpha value is -1.95. The molecular formula is C15H19N3O2S. The molecule has 2 heterocycles. The van der Waals surface area contributed by atoms with E-state index in [-0.39, 0.29) is 17.5 Å². The number of rotatable bonds is 4. The first-order valence-corrected chi connectivity index (χ1v) is 7.62. The number of aryl methyl sites for hydroxylation is 2. The smallest absolute Gasteiger partial charge is 0.277 e. The zero-order valence-corrected chi connectivity index (χ0v) is 13.4. The molecule has 1 atom stereocenters. The van der Waals surface area contributed by atoms with Crippen molar-refractivity contribution in [1.29, 1.82) is 0 Å². The van der Waals surface area contributed by atoms with Crippen LogP contribution in [-0.2, 0) is 6.42 Å². The molecule has 0 aliphatic carbocycles. The van der Waals surface area contributed by atoms with Gasteiger partial charge in [0.1, 0.15) is 5.56 Å². The number of carbonyl (C=O) groups excluding carboxylic acids is 1. The molecule has 2 aromatic rings. The number of hydrogen-bond donors (Lipinski definition) is 2. The van der Waals surface area contributed by atoms with Gasteiger partial charge in [0.05, 0.1) is 5.69 Å². The van der Waals surface area contributed by atoms with Gasteiger partial charge in [0, 0.05) is 22.2 Å². The lowest BCUT2D eigenvalue weighted by molar-refractivity contribution is 0.0937. The molecule has 0 saturated heterocycles. The molecule has 0 saturated carbocycles. The summed E-state index contributed by atoms with van der Waals surface area (Å²) in [7, 11) is 0. The van der Waals surface area contributed by atoms with Gasteiger partial charge in [-0.15, -0.1) is 11.3 Å². The van der Waals surface area contributed by atoms with Gasteiger partial charge in [-0.2, -0.15) is 5.10 Å². The molecule has 0 spiro atoms. The molecule has 1 amide bonds. The lowest BCUT2D eigenvalue weighted by atomic mass is 10.1. The first-order valence-electron chi connectivity index (χ1n) is 6.80. The summed E-state index contributed by atoms with van der Waals surface area (Å²) in [4.78, 5) is 26.6. The topological polar surface area (TPSA) is 74.8 Å². The number of aromatic amines is 1. The molecule has 112 valence electrons. The van der Waals surface area contributed by atoms with Crippen LogP contribution in [0.15, 0.2) is 16.9 Å². The SMILES string of the molecule is Cc1ccc(C[C@@H](C)NC(=O)c2c(C)c(C)n[nH]c2=O)s1. The molecule has 6 heteroatoms. The molecule has 5 nitrogen and oxygen atoms in total. The summed E-state index contributed by atoms with van der Waals surface area (Å²) in [5, 5.41) is 9.09. The second-order valence-electron chi connectivity index (χ2n) is 5.23. The van der Waals surface area contributed by atoms with Crippen LogP contribution in [0.2, 0.25) is 0 Å². The van der Waals surface area contributed by atoms with E-state index in [1.54, 1.807) is 25.2 Å². The van der Waals surface area contributed by atoms with Gasteiger partial charge in [-0.1, -0.05) is 0 Å². The Labute approximate surface area is 127 Å². The van der Waals surface area contributed by atoms with Gasteiger partial charge in [0.25, 0.3) is 11.5 Å². The van der Waals surface area contributed by atoms with E-state index in [0.29, 0.717) is 11.3 Å². The van der Waals surface area contributed by atoms with Crippen LogP contribution >= 0.6 is 11.3 Å². The number of amides is 1. The summed E-state index contributed by atoms with van der Waals surface area (Å²) >= 11 is 1.72. The van der Waals surface area contributed by atoms with E-state index in [0.717, 1.165) is 6.42 Å². The fraction of sp³-hybridized carbons (Fsp3) is 0.400. The molecule has 0 fully saturated rings. The van der Waals surface area contributed by atoms with Gasteiger partial charge >= 0.3 is 0 Å². The van der Waals surface area contributed by atoms with E-state index in [2.05, 4.69) is 34.6 Å². The molecule has 0 aromatic carbocycles. The van der Waals surface area contributed by atoms with E-state index < -0.39 is 5.56 Å². The van der Waals surface area contributed by atoms with Gasteiger partial charge in [-0.25, -0.2) is 5.10 Å². The average molecular weight is 305 g/mol. The van der Waals surface area contributed by atoms with Crippen molar-refractivity contribution in [3.05, 3.63) is 49.1 Å². The highest BCUT2D eigenvalue weighted by molar-refractivity contribution is 7.11. The average Bonchev–Trinajstić information content (AvgIpc) is 2.79. The number of thiophene rings is 1. The monoisotopic (exact) mass is 305 g/mol. The maximum absolute atomic E-state index is 12.3. The second-order valence-corrected chi connectivity index (χ2v) is 6.60. The van der Waals surface area contributed by atoms with Gasteiger partial charge < -0.3 is 5.32 Å². The molecule has 21 heavy (non-hydrogen) atoms. The molecule has 0 radical (unpaired) electrons. The highest BCUT2D eigenvalue weighted by Crippen LogP contribution is 2.16. The highest BCUT2D eigenvalue weighted by atomic mass is 32.1. The molecule has 2 rings (SSSR count). The molecule has 0 aliphatic heterocycles. The van der Waals surface area contributed by atoms with Crippen molar-refractivity contribution in [2.75, 3.05) is 0 Å². The minimum absolute atomic E-state index is 0.0391. The standard InChI is InChI=1S/C15H19N3O2S/c1-8(7-12-6-5-9(2)21-12)16-14(19)13-10(3)11(4)17-18-15(13)20/h5-6,8H,7H2,1-4H3,(H,16,19)(H,18,20)/t8-/m1/s1. The molecule has 0 aliphatic rings. The van der Waals surface area contributed by atoms with E-state index in [4.69, 9.17) is 0 Å². The van der Waals surface area contributed by atoms with Crippen molar-refractivity contribution in [1.82, 2.24) is 15.5 Å². The largest absolute Gasteiger partial charge is 0.349 e. The van der Waals surface area contributed by atoms with Gasteiger partial charge in [0.15, 0.2) is 0 Å². The Morgan fingerprint density at radius 1 is 1.38 bits per heavy atom. The Bertz CT molecular complexity index is 718. The van der Waals surface area contributed by atoms with Crippen LogP contribution in [0.1, 0.15) is 38.3 Å². The summed E-state index contributed by atoms with van der Waals surface area (Å²) in [6.45, 7) is 7.49. The zero-order valence-electron chi connectivity index (χ0n) is 12.6. The Balaban J connectivity index is 2.11. The number of nitrogens with zero attached hydrogens (tertiary/aromatic N) is 1. The van der Waals surface area contributed by atoms with Crippen LogP contribution in [0, 0.1) is 20.8 Å². The Kier molecular flexibility index (Phi) is 4.57. The molecule has 0 unspecified atom stereocenters. The number of carbonyl (C=O) groups is 1. The molecule has 0 bridgehead atoms. The van der Waals surface area contributed by atoms with Crippen LogP contribution < -0.4 is 10.9 Å². The summed E-state index contributed by atoms with van der Waals surface area (Å²) in [6, 6.07) is 4.09. The van der Waals surface area contributed by atoms with Crippen LogP contribution in [0.5, 0.6) is 0 Å². The van der Waals surface area contributed by atoms with Crippen LogP contribution in [0.4, 0.5) is 0 Å². The normalized spacial score (nSPS) is 12.2. The van der Waals surface area contributed by atoms with Gasteiger partial charge in [-0.05, 0) is 45.4 Å². The quantitative estimate of drug-likeness (QED) is 0.908. The predicted molar refractivity (Wildman–Crippen MR) is 84.0 cm³/mol. The third-order valence-corrected chi connectivity index (χ3v) is 4.40. The predicted octanol–water partition coefficient (Wildman–Crippen LogP) is 2.12. The molecular weight excluding hydrogens is 286 g/mol. The third kappa shape index (κ3) is 3.58. The maximum atomic E-state index is 12.3. The number of hydrogen-bond acceptors (Lipinski definition) is 4. The van der Waals surface area contributed by atoms with Crippen LogP contribution in [0.3, 0.4) is 0 Å². The summed E-state index contributed by atoms with van der Waals surface area (Å²) in [5.74, 6) is -0.347. The zero-order chi connectivity index (χ0) is 15.6. The maximum Gasteiger partial charge on any atom is 0.277 e. The first kappa shape index (κ1) is 15.4. The van der Waals surface area contributed by atoms with Crippen molar-refractivity contribution < 1.29 is 4.79 Å². The third-order valence-electron chi connectivity index (χ3n) is 3.38. The number of H-pyrrole nitrogens is 1. The van der Waals surface area contributed by atoms with Gasteiger partial charge in [0.2, 0.25) is 0 Å². The van der Waals surface area contributed by atoms with Crippen LogP contribution in [-0.4, -0.2) is 22.1 Å². The summed E-state index contributed by atoms with van der Waals surface area (Å²) in [6.07, 6.45) is 0.755. The van der Waals surface area contributed by atoms with Crippen molar-refractivity contribution in [3.63, 3.8) is 0 Å². The van der Waals surface area contributed by atoms with E-state index in [1.807, 2.05) is 6.92 Å². The van der Waals surface area contributed by atoms with Crippen molar-refractivity contribution >= 4 is 17.2 Å². The fourth-order valence-corrected chi connectivity index (χ4v) is 3.16. The van der Waals surface area contributed by atoms with E-state index in [9.17, 15) is 9.59 Å². The van der Waals surface area contributed by atoms with E-state index in [1.165, 1.54) is 9.75 Å². The summed E-state index contributed by atoms with van der Waals surface area (Å²) in [5.41, 5.74) is 0.975. The second kappa shape index (κ2) is 6.22. The fourth-order valence-electron chi connectivity index (χ4n) is 2.14. The Morgan fingerprint density at radius 3 is 2.71 bits per heavy atom. The highest BCUT2D eigenvalue weighted by Gasteiger charge is 2.18. The first-order chi connectivity index (χ1) is 9.88. The van der Waals surface area contributed by atoms with Crippen molar-refractivity contribution in [3.8, 4) is 0 Å². The molecule has 2 aromatic heterocycles. The number of nitrogens with one attached hydrogen (secondary N) is 2. The minimum atomic E-state index is -0.449. The lowest BCUT2D eigenvalue weighted by Gasteiger charge is -2.14. The summed E-state index contributed by atoms with van der Waals surface area (Å²) < 4.78 is 0. The van der Waals surface area contributed by atoms with Crippen LogP contribution in [0.25, 0.3) is 0 Å². The minimum Gasteiger partial charge on any atom is -0.349 e. The Morgan fingerprint density at radius 2 is 2.10 bits per heavy atom. The van der Waals surface area contributed by atoms with Crippen molar-refractivity contribution in [2.45, 2.75) is 40.2 Å².